The lowest BCUT2D eigenvalue weighted by Crippen LogP contribution is -2.28. The minimum absolute atomic E-state index is 0.0524. The summed E-state index contributed by atoms with van der Waals surface area (Å²) >= 11 is 0. The zero-order valence-corrected chi connectivity index (χ0v) is 14.1. The number of rotatable bonds is 6. The predicted molar refractivity (Wildman–Crippen MR) is 95.6 cm³/mol. The molecule has 1 fully saturated rings. The molecule has 0 saturated carbocycles. The number of anilines is 2. The van der Waals surface area contributed by atoms with E-state index in [1.54, 1.807) is 29.3 Å². The van der Waals surface area contributed by atoms with E-state index in [1.807, 2.05) is 31.2 Å². The van der Waals surface area contributed by atoms with Gasteiger partial charge in [-0.25, -0.2) is 4.98 Å². The van der Waals surface area contributed by atoms with E-state index in [0.717, 1.165) is 17.9 Å². The third-order valence-electron chi connectivity index (χ3n) is 4.03. The zero-order valence-electron chi connectivity index (χ0n) is 14.1. The molecule has 6 heteroatoms. The van der Waals surface area contributed by atoms with E-state index in [-0.39, 0.29) is 24.2 Å². The van der Waals surface area contributed by atoms with Gasteiger partial charge in [0.05, 0.1) is 12.5 Å². The van der Waals surface area contributed by atoms with Crippen molar-refractivity contribution in [3.05, 3.63) is 48.7 Å². The average Bonchev–Trinajstić information content (AvgIpc) is 3.03. The van der Waals surface area contributed by atoms with Crippen LogP contribution < -0.4 is 15.0 Å². The first-order chi connectivity index (χ1) is 12.2. The highest BCUT2D eigenvalue weighted by Gasteiger charge is 2.35. The Morgan fingerprint density at radius 1 is 1.28 bits per heavy atom. The van der Waals surface area contributed by atoms with E-state index in [9.17, 15) is 9.59 Å². The van der Waals surface area contributed by atoms with Gasteiger partial charge in [0.2, 0.25) is 11.8 Å². The van der Waals surface area contributed by atoms with Gasteiger partial charge >= 0.3 is 0 Å². The van der Waals surface area contributed by atoms with E-state index in [2.05, 4.69) is 10.3 Å². The summed E-state index contributed by atoms with van der Waals surface area (Å²) in [6.07, 6.45) is 2.76. The number of carbonyl (C=O) groups is 2. The van der Waals surface area contributed by atoms with Gasteiger partial charge < -0.3 is 15.0 Å². The number of nitrogens with zero attached hydrogens (tertiary/aromatic N) is 2. The molecule has 0 radical (unpaired) electrons. The molecular formula is C19H21N3O3. The molecule has 2 amide bonds. The molecule has 1 atom stereocenters. The van der Waals surface area contributed by atoms with Crippen molar-refractivity contribution >= 4 is 23.3 Å². The fraction of sp³-hybridized carbons (Fsp3) is 0.316. The highest BCUT2D eigenvalue weighted by atomic mass is 16.5. The van der Waals surface area contributed by atoms with E-state index in [1.165, 1.54) is 0 Å². The molecule has 25 heavy (non-hydrogen) atoms. The van der Waals surface area contributed by atoms with Crippen LogP contribution in [0, 0.1) is 5.92 Å². The normalized spacial score (nSPS) is 16.8. The maximum Gasteiger partial charge on any atom is 0.230 e. The Morgan fingerprint density at radius 2 is 2.08 bits per heavy atom. The first kappa shape index (κ1) is 17.0. The number of carbonyl (C=O) groups excluding carboxylic acids is 2. The molecule has 2 heterocycles. The fourth-order valence-corrected chi connectivity index (χ4v) is 2.74. The van der Waals surface area contributed by atoms with Crippen molar-refractivity contribution < 1.29 is 14.3 Å². The number of hydrogen-bond acceptors (Lipinski definition) is 4. The molecule has 1 saturated heterocycles. The van der Waals surface area contributed by atoms with Crippen molar-refractivity contribution in [1.82, 2.24) is 4.98 Å². The van der Waals surface area contributed by atoms with Gasteiger partial charge in [0.1, 0.15) is 11.6 Å². The van der Waals surface area contributed by atoms with Crippen LogP contribution >= 0.6 is 0 Å². The molecule has 130 valence electrons. The largest absolute Gasteiger partial charge is 0.494 e. The molecule has 6 nitrogen and oxygen atoms in total. The number of aromatic nitrogens is 1. The van der Waals surface area contributed by atoms with Crippen molar-refractivity contribution in [1.29, 1.82) is 0 Å². The molecule has 3 rings (SSSR count). The van der Waals surface area contributed by atoms with Crippen LogP contribution in [0.5, 0.6) is 5.75 Å². The van der Waals surface area contributed by atoms with Crippen LogP contribution in [0.3, 0.4) is 0 Å². The van der Waals surface area contributed by atoms with Crippen LogP contribution in [0.2, 0.25) is 0 Å². The molecular weight excluding hydrogens is 318 g/mol. The summed E-state index contributed by atoms with van der Waals surface area (Å²) in [7, 11) is 0. The van der Waals surface area contributed by atoms with Crippen molar-refractivity contribution in [2.45, 2.75) is 19.8 Å². The molecule has 2 aromatic rings. The maximum atomic E-state index is 12.4. The maximum absolute atomic E-state index is 12.4. The summed E-state index contributed by atoms with van der Waals surface area (Å²) in [5.41, 5.74) is 0.780. The Balaban J connectivity index is 1.63. The number of amides is 2. The summed E-state index contributed by atoms with van der Waals surface area (Å²) < 4.78 is 5.55. The topological polar surface area (TPSA) is 71.5 Å². The van der Waals surface area contributed by atoms with Gasteiger partial charge in [0, 0.05) is 24.8 Å². The number of benzene rings is 1. The Morgan fingerprint density at radius 3 is 2.76 bits per heavy atom. The third-order valence-corrected chi connectivity index (χ3v) is 4.03. The van der Waals surface area contributed by atoms with Crippen molar-refractivity contribution in [3.63, 3.8) is 0 Å². The third kappa shape index (κ3) is 4.15. The van der Waals surface area contributed by atoms with Gasteiger partial charge in [-0.15, -0.1) is 0 Å². The summed E-state index contributed by atoms with van der Waals surface area (Å²) in [5.74, 6) is 0.656. The van der Waals surface area contributed by atoms with Gasteiger partial charge in [-0.3, -0.25) is 9.59 Å². The molecule has 1 aliphatic heterocycles. The van der Waals surface area contributed by atoms with Gasteiger partial charge in [0.25, 0.3) is 0 Å². The minimum atomic E-state index is -0.384. The SMILES string of the molecule is CCCOc1ccc(N2C[C@@H](C(=O)Nc3ccccn3)CC2=O)cc1. The molecule has 0 unspecified atom stereocenters. The summed E-state index contributed by atoms with van der Waals surface area (Å²) in [5, 5.41) is 2.76. The van der Waals surface area contributed by atoms with Crippen molar-refractivity contribution in [2.24, 2.45) is 5.92 Å². The predicted octanol–water partition coefficient (Wildman–Crippen LogP) is 2.86. The van der Waals surface area contributed by atoms with Gasteiger partial charge in [-0.1, -0.05) is 13.0 Å². The van der Waals surface area contributed by atoms with Crippen molar-refractivity contribution in [2.75, 3.05) is 23.4 Å². The van der Waals surface area contributed by atoms with Crippen LogP contribution in [-0.4, -0.2) is 29.9 Å². The molecule has 1 N–H and O–H groups in total. The van der Waals surface area contributed by atoms with Crippen LogP contribution in [0.15, 0.2) is 48.7 Å². The fourth-order valence-electron chi connectivity index (χ4n) is 2.74. The lowest BCUT2D eigenvalue weighted by molar-refractivity contribution is -0.122. The standard InChI is InChI=1S/C19H21N3O3/c1-2-11-25-16-8-6-15(7-9-16)22-13-14(12-18(22)23)19(24)21-17-5-3-4-10-20-17/h3-10,14H,2,11-13H2,1H3,(H,20,21,24)/t14-/m0/s1. The van der Waals surface area contributed by atoms with Crippen LogP contribution in [0.25, 0.3) is 0 Å². The number of ether oxygens (including phenoxy) is 1. The number of nitrogens with one attached hydrogen (secondary N) is 1. The molecule has 1 aromatic heterocycles. The van der Waals surface area contributed by atoms with Crippen LogP contribution in [0.4, 0.5) is 11.5 Å². The first-order valence-electron chi connectivity index (χ1n) is 8.42. The molecule has 0 spiro atoms. The van der Waals surface area contributed by atoms with Crippen LogP contribution in [0.1, 0.15) is 19.8 Å². The second-order valence-electron chi connectivity index (χ2n) is 5.95. The molecule has 1 aromatic carbocycles. The van der Waals surface area contributed by atoms with E-state index < -0.39 is 0 Å². The summed E-state index contributed by atoms with van der Waals surface area (Å²) in [6, 6.07) is 12.7. The highest BCUT2D eigenvalue weighted by Crippen LogP contribution is 2.27. The Bertz CT molecular complexity index is 731. The first-order valence-corrected chi connectivity index (χ1v) is 8.42. The van der Waals surface area contributed by atoms with Gasteiger partial charge in [-0.05, 0) is 42.8 Å². The number of pyridine rings is 1. The quantitative estimate of drug-likeness (QED) is 0.878. The highest BCUT2D eigenvalue weighted by molar-refractivity contribution is 6.03. The second kappa shape index (κ2) is 7.79. The summed E-state index contributed by atoms with van der Waals surface area (Å²) in [4.78, 5) is 30.4. The summed E-state index contributed by atoms with van der Waals surface area (Å²) in [6.45, 7) is 3.08. The minimum Gasteiger partial charge on any atom is -0.494 e. The Kier molecular flexibility index (Phi) is 5.28. The monoisotopic (exact) mass is 339 g/mol. The van der Waals surface area contributed by atoms with Gasteiger partial charge in [0.15, 0.2) is 0 Å². The Labute approximate surface area is 146 Å². The molecule has 0 aliphatic carbocycles. The zero-order chi connectivity index (χ0) is 17.6. The van der Waals surface area contributed by atoms with Crippen molar-refractivity contribution in [3.8, 4) is 5.75 Å². The van der Waals surface area contributed by atoms with Crippen LogP contribution in [-0.2, 0) is 9.59 Å². The van der Waals surface area contributed by atoms with E-state index in [4.69, 9.17) is 4.74 Å². The lowest BCUT2D eigenvalue weighted by atomic mass is 10.1. The molecule has 1 aliphatic rings. The number of hydrogen-bond donors (Lipinski definition) is 1. The lowest BCUT2D eigenvalue weighted by Gasteiger charge is -2.17. The molecule has 0 bridgehead atoms. The van der Waals surface area contributed by atoms with Gasteiger partial charge in [-0.2, -0.15) is 0 Å². The second-order valence-corrected chi connectivity index (χ2v) is 5.95. The smallest absolute Gasteiger partial charge is 0.230 e. The van der Waals surface area contributed by atoms with E-state index >= 15 is 0 Å². The average molecular weight is 339 g/mol. The Hall–Kier alpha value is -2.89. The van der Waals surface area contributed by atoms with E-state index in [0.29, 0.717) is 19.0 Å².